The topological polar surface area (TPSA) is 86.8 Å². The third-order valence-corrected chi connectivity index (χ3v) is 10.5. The first-order valence-corrected chi connectivity index (χ1v) is 16.7. The summed E-state index contributed by atoms with van der Waals surface area (Å²) < 4.78 is 69.8. The number of anilines is 1. The normalized spacial score (nSPS) is 14.9. The minimum absolute atomic E-state index is 0.0839. The molecule has 1 aliphatic rings. The Kier molecular flexibility index (Phi) is 11.3. The van der Waals surface area contributed by atoms with E-state index in [0.29, 0.717) is 15.9 Å². The van der Waals surface area contributed by atoms with E-state index in [-0.39, 0.29) is 27.5 Å². The van der Waals surface area contributed by atoms with Crippen LogP contribution in [0.1, 0.15) is 50.2 Å². The summed E-state index contributed by atoms with van der Waals surface area (Å²) in [6.07, 6.45) is -0.384. The van der Waals surface area contributed by atoms with E-state index >= 15 is 0 Å². The first kappa shape index (κ1) is 34.9. The summed E-state index contributed by atoms with van der Waals surface area (Å²) in [4.78, 5) is 28.4. The fourth-order valence-corrected chi connectivity index (χ4v) is 7.31. The summed E-state index contributed by atoms with van der Waals surface area (Å²) >= 11 is 18.6. The summed E-state index contributed by atoms with van der Waals surface area (Å²) in [5, 5.41) is 2.75. The lowest BCUT2D eigenvalue weighted by atomic mass is 9.95. The average molecular weight is 705 g/mol. The van der Waals surface area contributed by atoms with Gasteiger partial charge in [0.25, 0.3) is 10.0 Å². The summed E-state index contributed by atoms with van der Waals surface area (Å²) in [5.74, 6) is -1.35. The zero-order valence-corrected chi connectivity index (χ0v) is 27.2. The van der Waals surface area contributed by atoms with Crippen molar-refractivity contribution in [1.29, 1.82) is 0 Å². The van der Waals surface area contributed by atoms with Gasteiger partial charge >= 0.3 is 6.18 Å². The Morgan fingerprint density at radius 3 is 2.13 bits per heavy atom. The predicted molar refractivity (Wildman–Crippen MR) is 169 cm³/mol. The van der Waals surface area contributed by atoms with E-state index in [0.717, 1.165) is 49.1 Å². The summed E-state index contributed by atoms with van der Waals surface area (Å²) in [7, 11) is -4.59. The maximum absolute atomic E-state index is 14.1. The Morgan fingerprint density at radius 2 is 1.53 bits per heavy atom. The summed E-state index contributed by atoms with van der Waals surface area (Å²) in [6, 6.07) is 13.1. The van der Waals surface area contributed by atoms with Gasteiger partial charge in [0.2, 0.25) is 11.8 Å². The van der Waals surface area contributed by atoms with E-state index in [9.17, 15) is 31.2 Å². The maximum Gasteiger partial charge on any atom is 0.417 e. The van der Waals surface area contributed by atoms with E-state index in [1.54, 1.807) is 24.3 Å². The lowest BCUT2D eigenvalue weighted by Gasteiger charge is -2.33. The van der Waals surface area contributed by atoms with Crippen LogP contribution in [0.15, 0.2) is 71.6 Å². The van der Waals surface area contributed by atoms with Crippen LogP contribution in [0.3, 0.4) is 0 Å². The predicted octanol–water partition coefficient (Wildman–Crippen LogP) is 7.73. The molecule has 0 aromatic heterocycles. The molecule has 1 atom stereocenters. The Balaban J connectivity index is 1.77. The molecule has 7 nitrogen and oxygen atoms in total. The number of halogens is 6. The second-order valence-corrected chi connectivity index (χ2v) is 13.8. The van der Waals surface area contributed by atoms with E-state index in [1.807, 2.05) is 0 Å². The summed E-state index contributed by atoms with van der Waals surface area (Å²) in [5.41, 5.74) is -1.41. The van der Waals surface area contributed by atoms with E-state index in [2.05, 4.69) is 5.32 Å². The number of hydrogen-bond donors (Lipinski definition) is 1. The number of carbonyl (C=O) groups is 2. The molecular formula is C31H31Cl3F3N3O4S. The molecule has 1 aliphatic carbocycles. The van der Waals surface area contributed by atoms with Gasteiger partial charge in [0, 0.05) is 28.2 Å². The number of carbonyl (C=O) groups excluding carboxylic acids is 2. The van der Waals surface area contributed by atoms with Crippen LogP contribution in [-0.2, 0) is 32.3 Å². The minimum atomic E-state index is -4.90. The van der Waals surface area contributed by atoms with Gasteiger partial charge in [-0.1, -0.05) is 78.3 Å². The van der Waals surface area contributed by atoms with Crippen molar-refractivity contribution >= 4 is 62.3 Å². The van der Waals surface area contributed by atoms with Crippen molar-refractivity contribution in [3.05, 3.63) is 92.9 Å². The molecule has 2 amide bonds. The number of nitrogens with zero attached hydrogens (tertiary/aromatic N) is 2. The summed E-state index contributed by atoms with van der Waals surface area (Å²) in [6.45, 7) is 0.268. The molecule has 0 heterocycles. The quantitative estimate of drug-likeness (QED) is 0.234. The zero-order valence-electron chi connectivity index (χ0n) is 24.2. The molecule has 0 radical (unpaired) electrons. The van der Waals surface area contributed by atoms with Gasteiger partial charge < -0.3 is 10.2 Å². The molecule has 1 fully saturated rings. The van der Waals surface area contributed by atoms with Gasteiger partial charge in [-0.2, -0.15) is 13.2 Å². The third kappa shape index (κ3) is 8.44. The van der Waals surface area contributed by atoms with Crippen LogP contribution in [-0.4, -0.2) is 43.8 Å². The first-order chi connectivity index (χ1) is 21.2. The van der Waals surface area contributed by atoms with Crippen LogP contribution in [0.2, 0.25) is 15.1 Å². The molecule has 1 saturated carbocycles. The molecule has 3 aromatic rings. The molecule has 0 aliphatic heterocycles. The van der Waals surface area contributed by atoms with Crippen LogP contribution in [0.25, 0.3) is 0 Å². The molecule has 3 aromatic carbocycles. The molecule has 0 saturated heterocycles. The number of amides is 2. The lowest BCUT2D eigenvalue weighted by molar-refractivity contribution is -0.139. The number of hydrogen-bond acceptors (Lipinski definition) is 4. The molecule has 0 spiro atoms. The number of nitrogens with one attached hydrogen (secondary N) is 1. The molecule has 0 unspecified atom stereocenters. The highest BCUT2D eigenvalue weighted by Crippen LogP contribution is 2.38. The minimum Gasteiger partial charge on any atom is -0.352 e. The highest BCUT2D eigenvalue weighted by atomic mass is 35.5. The Bertz CT molecular complexity index is 1620. The molecule has 45 heavy (non-hydrogen) atoms. The van der Waals surface area contributed by atoms with Gasteiger partial charge in [0.05, 0.1) is 21.2 Å². The van der Waals surface area contributed by atoms with Crippen molar-refractivity contribution in [3.63, 3.8) is 0 Å². The Morgan fingerprint density at radius 1 is 0.911 bits per heavy atom. The van der Waals surface area contributed by atoms with Gasteiger partial charge in [0.1, 0.15) is 12.6 Å². The van der Waals surface area contributed by atoms with Crippen molar-refractivity contribution in [2.24, 2.45) is 0 Å². The third-order valence-electron chi connectivity index (χ3n) is 7.66. The van der Waals surface area contributed by atoms with Gasteiger partial charge in [-0.3, -0.25) is 13.9 Å². The van der Waals surface area contributed by atoms with Gasteiger partial charge in [-0.15, -0.1) is 0 Å². The number of benzene rings is 3. The maximum atomic E-state index is 14.1. The SMILES string of the molecule is C[C@@H](C(=O)NC1CCCCC1)N(Cc1c(Cl)cccc1Cl)C(=O)CN(c1ccc(Cl)c(C(F)(F)F)c1)S(=O)(=O)c1ccccc1. The number of alkyl halides is 3. The van der Waals surface area contributed by atoms with Crippen LogP contribution in [0, 0.1) is 0 Å². The van der Waals surface area contributed by atoms with Crippen LogP contribution in [0.4, 0.5) is 18.9 Å². The number of rotatable bonds is 10. The second-order valence-electron chi connectivity index (χ2n) is 10.7. The van der Waals surface area contributed by atoms with Crippen molar-refractivity contribution < 1.29 is 31.2 Å². The molecule has 0 bridgehead atoms. The molecular weight excluding hydrogens is 674 g/mol. The fraction of sp³-hybridized carbons (Fsp3) is 0.355. The average Bonchev–Trinajstić information content (AvgIpc) is 3.00. The van der Waals surface area contributed by atoms with Crippen LogP contribution < -0.4 is 9.62 Å². The lowest BCUT2D eigenvalue weighted by Crippen LogP contribution is -2.53. The highest BCUT2D eigenvalue weighted by Gasteiger charge is 2.37. The largest absolute Gasteiger partial charge is 0.417 e. The number of sulfonamides is 1. The first-order valence-electron chi connectivity index (χ1n) is 14.2. The van der Waals surface area contributed by atoms with Crippen molar-refractivity contribution in [3.8, 4) is 0 Å². The fourth-order valence-electron chi connectivity index (χ4n) is 5.14. The van der Waals surface area contributed by atoms with Gasteiger partial charge in [0.15, 0.2) is 0 Å². The van der Waals surface area contributed by atoms with E-state index < -0.39 is 56.9 Å². The van der Waals surface area contributed by atoms with Crippen molar-refractivity contribution in [2.75, 3.05) is 10.8 Å². The molecule has 242 valence electrons. The molecule has 1 N–H and O–H groups in total. The zero-order chi connectivity index (χ0) is 32.9. The van der Waals surface area contributed by atoms with Crippen LogP contribution >= 0.6 is 34.8 Å². The van der Waals surface area contributed by atoms with Crippen molar-refractivity contribution in [2.45, 2.75) is 68.7 Å². The smallest absolute Gasteiger partial charge is 0.352 e. The van der Waals surface area contributed by atoms with E-state index in [4.69, 9.17) is 34.8 Å². The molecule has 4 rings (SSSR count). The monoisotopic (exact) mass is 703 g/mol. The standard InChI is InChI=1S/C31H31Cl3F3N3O4S/c1-20(30(42)38-21-9-4-2-5-10-21)39(18-24-26(32)13-8-14-27(24)33)29(41)19-40(45(43,44)23-11-6-3-7-12-23)22-15-16-28(34)25(17-22)31(35,36)37/h3,6-8,11-17,20-21H,2,4-5,9-10,18-19H2,1H3,(H,38,42)/t20-/m0/s1. The van der Waals surface area contributed by atoms with Crippen LogP contribution in [0.5, 0.6) is 0 Å². The Hall–Kier alpha value is -2.99. The molecule has 14 heteroatoms. The second kappa shape index (κ2) is 14.6. The van der Waals surface area contributed by atoms with Gasteiger partial charge in [-0.05, 0) is 62.2 Å². The van der Waals surface area contributed by atoms with E-state index in [1.165, 1.54) is 31.2 Å². The Labute approximate surface area is 275 Å². The van der Waals surface area contributed by atoms with Gasteiger partial charge in [-0.25, -0.2) is 8.42 Å². The highest BCUT2D eigenvalue weighted by molar-refractivity contribution is 7.92. The van der Waals surface area contributed by atoms with Crippen molar-refractivity contribution in [1.82, 2.24) is 10.2 Å².